The largest absolute Gasteiger partial charge is 0.310 e. The lowest BCUT2D eigenvalue weighted by Crippen LogP contribution is -2.37. The van der Waals surface area contributed by atoms with Crippen molar-refractivity contribution in [2.45, 2.75) is 12.3 Å². The van der Waals surface area contributed by atoms with Crippen LogP contribution in [0.15, 0.2) is 231 Å². The van der Waals surface area contributed by atoms with Crippen LogP contribution in [0.4, 0.5) is 17.1 Å². The summed E-state index contributed by atoms with van der Waals surface area (Å²) in [6.07, 6.45) is 0. The molecule has 0 unspecified atom stereocenters. The van der Waals surface area contributed by atoms with E-state index in [1.807, 2.05) is 60.7 Å². The van der Waals surface area contributed by atoms with Crippen molar-refractivity contribution in [3.63, 3.8) is 0 Å². The van der Waals surface area contributed by atoms with E-state index in [0.29, 0.717) is 17.5 Å². The molecule has 5 nitrogen and oxygen atoms in total. The molecule has 1 aliphatic heterocycles. The third-order valence-electron chi connectivity index (χ3n) is 12.8. The second-order valence-corrected chi connectivity index (χ2v) is 16.4. The summed E-state index contributed by atoms with van der Waals surface area (Å²) in [4.78, 5) is 17.5. The molecule has 0 fully saturated rings. The number of benzene rings is 9. The lowest BCUT2D eigenvalue weighted by Gasteiger charge is -2.46. The van der Waals surface area contributed by atoms with Crippen molar-refractivity contribution in [3.05, 3.63) is 258 Å². The maximum atomic E-state index is 5.06. The molecule has 0 N–H and O–H groups in total. The molecular weight excluding hydrogens is 779 g/mol. The van der Waals surface area contributed by atoms with Gasteiger partial charge in [-0.25, -0.2) is 15.0 Å². The summed E-state index contributed by atoms with van der Waals surface area (Å²) in [5, 5.41) is 2.45. The minimum Gasteiger partial charge on any atom is -0.310 e. The van der Waals surface area contributed by atoms with E-state index in [1.165, 1.54) is 44.1 Å². The summed E-state index contributed by atoms with van der Waals surface area (Å²) in [6.45, 7) is 2.19. The molecule has 2 aromatic heterocycles. The lowest BCUT2D eigenvalue weighted by atomic mass is 9.62. The molecule has 9 aromatic carbocycles. The van der Waals surface area contributed by atoms with Crippen LogP contribution in [0.2, 0.25) is 0 Å². The van der Waals surface area contributed by atoms with Crippen LogP contribution >= 0.6 is 0 Å². The van der Waals surface area contributed by atoms with Gasteiger partial charge in [-0.3, -0.25) is 0 Å². The van der Waals surface area contributed by atoms with Gasteiger partial charge in [0.15, 0.2) is 17.5 Å². The first-order valence-electron chi connectivity index (χ1n) is 21.8. The van der Waals surface area contributed by atoms with Gasteiger partial charge < -0.3 is 9.47 Å². The molecule has 0 aliphatic carbocycles. The Labute approximate surface area is 372 Å². The monoisotopic (exact) mass is 819 g/mol. The fraction of sp³-hybridized carbons (Fsp3) is 0.0339. The summed E-state index contributed by atoms with van der Waals surface area (Å²) in [5.41, 5.74) is 15.0. The molecule has 3 heterocycles. The first kappa shape index (κ1) is 37.4. The molecule has 1 aliphatic rings. The maximum Gasteiger partial charge on any atom is 0.164 e. The number of nitrogens with zero attached hydrogens (tertiary/aromatic N) is 5. The van der Waals surface area contributed by atoms with E-state index in [2.05, 4.69) is 186 Å². The zero-order valence-electron chi connectivity index (χ0n) is 35.2. The van der Waals surface area contributed by atoms with E-state index in [4.69, 9.17) is 15.0 Å². The van der Waals surface area contributed by atoms with Gasteiger partial charge in [0.2, 0.25) is 0 Å². The SMILES string of the molecule is Cc1cc(-c2nc(-c3ccccc3)nc(-c3ccccc3)n2)ccc1N1c2ccccc2C(c2ccccc2)(c2ccc3c(c2)c2ccccc2n3-c2ccccc2)c2ccccc21. The Morgan fingerprint density at radius 3 is 1.47 bits per heavy atom. The smallest absolute Gasteiger partial charge is 0.164 e. The second kappa shape index (κ2) is 15.2. The molecule has 5 heteroatoms. The highest BCUT2D eigenvalue weighted by Gasteiger charge is 2.46. The number of hydrogen-bond donors (Lipinski definition) is 0. The van der Waals surface area contributed by atoms with Gasteiger partial charge >= 0.3 is 0 Å². The van der Waals surface area contributed by atoms with Gasteiger partial charge in [-0.15, -0.1) is 0 Å². The van der Waals surface area contributed by atoms with Crippen molar-refractivity contribution >= 4 is 38.9 Å². The summed E-state index contributed by atoms with van der Waals surface area (Å²) in [7, 11) is 0. The van der Waals surface area contributed by atoms with Crippen molar-refractivity contribution in [2.75, 3.05) is 4.90 Å². The molecule has 0 saturated heterocycles. The molecule has 64 heavy (non-hydrogen) atoms. The first-order chi connectivity index (χ1) is 31.7. The van der Waals surface area contributed by atoms with Crippen LogP contribution in [-0.2, 0) is 5.41 Å². The Morgan fingerprint density at radius 2 is 0.859 bits per heavy atom. The van der Waals surface area contributed by atoms with Crippen LogP contribution in [0.1, 0.15) is 27.8 Å². The Kier molecular flexibility index (Phi) is 8.87. The van der Waals surface area contributed by atoms with Gasteiger partial charge in [-0.05, 0) is 95.4 Å². The van der Waals surface area contributed by atoms with Crippen LogP contribution in [0, 0.1) is 6.92 Å². The maximum absolute atomic E-state index is 5.06. The van der Waals surface area contributed by atoms with Crippen LogP contribution in [-0.4, -0.2) is 19.5 Å². The molecule has 0 atom stereocenters. The minimum atomic E-state index is -0.643. The van der Waals surface area contributed by atoms with E-state index < -0.39 is 5.41 Å². The van der Waals surface area contributed by atoms with Gasteiger partial charge in [0.05, 0.1) is 27.8 Å². The van der Waals surface area contributed by atoms with Gasteiger partial charge in [0.25, 0.3) is 0 Å². The molecule has 0 spiro atoms. The van der Waals surface area contributed by atoms with E-state index in [9.17, 15) is 0 Å². The molecular formula is C59H41N5. The predicted molar refractivity (Wildman–Crippen MR) is 262 cm³/mol. The molecule has 0 saturated carbocycles. The minimum absolute atomic E-state index is 0.633. The molecule has 0 radical (unpaired) electrons. The number of hydrogen-bond acceptors (Lipinski definition) is 4. The normalized spacial score (nSPS) is 12.9. The topological polar surface area (TPSA) is 46.8 Å². The van der Waals surface area contributed by atoms with Crippen LogP contribution in [0.5, 0.6) is 0 Å². The van der Waals surface area contributed by atoms with Crippen molar-refractivity contribution < 1.29 is 0 Å². The fourth-order valence-corrected chi connectivity index (χ4v) is 10.0. The number of rotatable bonds is 7. The molecule has 302 valence electrons. The number of fused-ring (bicyclic) bond motifs is 5. The Balaban J connectivity index is 1.05. The average Bonchev–Trinajstić information content (AvgIpc) is 3.70. The van der Waals surface area contributed by atoms with Crippen molar-refractivity contribution in [3.8, 4) is 39.9 Å². The molecule has 11 aromatic rings. The third-order valence-corrected chi connectivity index (χ3v) is 12.8. The average molecular weight is 820 g/mol. The number of para-hydroxylation sites is 4. The van der Waals surface area contributed by atoms with E-state index >= 15 is 0 Å². The van der Waals surface area contributed by atoms with Crippen molar-refractivity contribution in [1.82, 2.24) is 19.5 Å². The van der Waals surface area contributed by atoms with Gasteiger partial charge in [-0.2, -0.15) is 0 Å². The van der Waals surface area contributed by atoms with Gasteiger partial charge in [-0.1, -0.05) is 170 Å². The molecule has 0 bridgehead atoms. The van der Waals surface area contributed by atoms with E-state index in [1.54, 1.807) is 0 Å². The standard InChI is InChI=1S/C59H41N5/c1-40-38-43(58-61-56(41-20-6-2-7-21-41)60-57(62-58)42-22-8-3-9-23-42)34-36-51(40)64-54-32-18-15-29-49(54)59(44-24-10-4-11-25-44,50-30-16-19-33-55(50)64)45-35-37-53-48(39-45)47-28-14-17-31-52(47)63(53)46-26-12-5-13-27-46/h2-39H,1H3. The Bertz CT molecular complexity index is 3400. The second-order valence-electron chi connectivity index (χ2n) is 16.4. The van der Waals surface area contributed by atoms with Crippen molar-refractivity contribution in [2.24, 2.45) is 0 Å². The summed E-state index contributed by atoms with van der Waals surface area (Å²) in [5.74, 6) is 1.92. The highest BCUT2D eigenvalue weighted by molar-refractivity contribution is 6.10. The first-order valence-corrected chi connectivity index (χ1v) is 21.8. The number of aryl methyl sites for hydroxylation is 1. The Hall–Kier alpha value is -8.41. The lowest BCUT2D eigenvalue weighted by molar-refractivity contribution is 0.732. The van der Waals surface area contributed by atoms with Crippen LogP contribution in [0.25, 0.3) is 61.7 Å². The zero-order valence-corrected chi connectivity index (χ0v) is 35.2. The van der Waals surface area contributed by atoms with Crippen LogP contribution in [0.3, 0.4) is 0 Å². The van der Waals surface area contributed by atoms with E-state index in [-0.39, 0.29) is 0 Å². The molecule has 0 amide bonds. The quantitative estimate of drug-likeness (QED) is 0.161. The highest BCUT2D eigenvalue weighted by atomic mass is 15.2. The summed E-state index contributed by atoms with van der Waals surface area (Å²) in [6, 6.07) is 82.4. The molecule has 12 rings (SSSR count). The van der Waals surface area contributed by atoms with Gasteiger partial charge in [0, 0.05) is 38.8 Å². The van der Waals surface area contributed by atoms with Crippen LogP contribution < -0.4 is 4.90 Å². The number of aromatic nitrogens is 4. The number of anilines is 3. The van der Waals surface area contributed by atoms with Crippen molar-refractivity contribution in [1.29, 1.82) is 0 Å². The zero-order chi connectivity index (χ0) is 42.6. The third kappa shape index (κ3) is 5.89. The fourth-order valence-electron chi connectivity index (χ4n) is 10.0. The predicted octanol–water partition coefficient (Wildman–Crippen LogP) is 14.4. The summed E-state index contributed by atoms with van der Waals surface area (Å²) < 4.78 is 2.39. The van der Waals surface area contributed by atoms with Gasteiger partial charge in [0.1, 0.15) is 0 Å². The highest BCUT2D eigenvalue weighted by Crippen LogP contribution is 2.58. The van der Waals surface area contributed by atoms with E-state index in [0.717, 1.165) is 45.0 Å². The Morgan fingerprint density at radius 1 is 0.359 bits per heavy atom. The summed E-state index contributed by atoms with van der Waals surface area (Å²) >= 11 is 0.